The van der Waals surface area contributed by atoms with Crippen LogP contribution in [0.5, 0.6) is 0 Å². The summed E-state index contributed by atoms with van der Waals surface area (Å²) in [5.74, 6) is 0.147. The van der Waals surface area contributed by atoms with E-state index < -0.39 is 0 Å². The van der Waals surface area contributed by atoms with E-state index in [1.165, 1.54) is 12.1 Å². The summed E-state index contributed by atoms with van der Waals surface area (Å²) in [4.78, 5) is 22.1. The predicted molar refractivity (Wildman–Crippen MR) is 81.7 cm³/mol. The molecule has 22 heavy (non-hydrogen) atoms. The van der Waals surface area contributed by atoms with Crippen molar-refractivity contribution in [3.63, 3.8) is 0 Å². The van der Waals surface area contributed by atoms with Crippen LogP contribution in [-0.2, 0) is 4.79 Å². The van der Waals surface area contributed by atoms with Crippen LogP contribution in [0, 0.1) is 5.82 Å². The van der Waals surface area contributed by atoms with Gasteiger partial charge in [-0.15, -0.1) is 0 Å². The zero-order valence-corrected chi connectivity index (χ0v) is 12.5. The zero-order valence-electron chi connectivity index (χ0n) is 12.5. The Labute approximate surface area is 129 Å². The average Bonchev–Trinajstić information content (AvgIpc) is 2.55. The molecule has 1 aromatic carbocycles. The van der Waals surface area contributed by atoms with Crippen molar-refractivity contribution < 1.29 is 9.18 Å². The molecule has 1 saturated heterocycles. The Bertz CT molecular complexity index is 681. The van der Waals surface area contributed by atoms with E-state index in [9.17, 15) is 9.18 Å². The second-order valence-electron chi connectivity index (χ2n) is 5.62. The molecule has 0 unspecified atom stereocenters. The van der Waals surface area contributed by atoms with Crippen molar-refractivity contribution in [1.82, 2.24) is 14.9 Å². The summed E-state index contributed by atoms with van der Waals surface area (Å²) >= 11 is 0. The molecule has 0 saturated carbocycles. The van der Waals surface area contributed by atoms with Crippen LogP contribution in [0.4, 0.5) is 4.39 Å². The number of rotatable bonds is 2. The first-order chi connectivity index (χ1) is 10.6. The number of carbonyl (C=O) groups is 1. The van der Waals surface area contributed by atoms with Crippen molar-refractivity contribution in [2.24, 2.45) is 0 Å². The Morgan fingerprint density at radius 1 is 1.27 bits per heavy atom. The maximum absolute atomic E-state index is 13.3. The first-order valence-electron chi connectivity index (χ1n) is 7.47. The van der Waals surface area contributed by atoms with Gasteiger partial charge >= 0.3 is 0 Å². The number of benzene rings is 1. The molecule has 1 aliphatic heterocycles. The summed E-state index contributed by atoms with van der Waals surface area (Å²) in [6.45, 7) is 3.11. The first-order valence-corrected chi connectivity index (χ1v) is 7.47. The molecule has 1 fully saturated rings. The van der Waals surface area contributed by atoms with Crippen molar-refractivity contribution in [2.75, 3.05) is 13.1 Å². The molecular weight excluding hydrogens is 281 g/mol. The number of carbonyl (C=O) groups excluding carboxylic acids is 1. The topological polar surface area (TPSA) is 46.1 Å². The minimum Gasteiger partial charge on any atom is -0.343 e. The van der Waals surface area contributed by atoms with Crippen LogP contribution < -0.4 is 0 Å². The molecular formula is C17H18FN3O. The van der Waals surface area contributed by atoms with Gasteiger partial charge in [-0.1, -0.05) is 12.1 Å². The van der Waals surface area contributed by atoms with E-state index in [1.54, 1.807) is 25.4 Å². The maximum Gasteiger partial charge on any atom is 0.219 e. The van der Waals surface area contributed by atoms with Crippen molar-refractivity contribution in [3.05, 3.63) is 48.2 Å². The van der Waals surface area contributed by atoms with E-state index in [1.807, 2.05) is 11.0 Å². The highest BCUT2D eigenvalue weighted by Gasteiger charge is 2.23. The lowest BCUT2D eigenvalue weighted by Crippen LogP contribution is -2.36. The third kappa shape index (κ3) is 3.13. The smallest absolute Gasteiger partial charge is 0.219 e. The SMILES string of the molecule is CC(=O)N1CCC(c2cncc(-c3cccc(F)c3)n2)CC1. The van der Waals surface area contributed by atoms with Crippen LogP contribution in [0.2, 0.25) is 0 Å². The maximum atomic E-state index is 13.3. The lowest BCUT2D eigenvalue weighted by molar-refractivity contribution is -0.129. The van der Waals surface area contributed by atoms with Crippen LogP contribution >= 0.6 is 0 Å². The van der Waals surface area contributed by atoms with Crippen LogP contribution in [0.25, 0.3) is 11.3 Å². The third-order valence-electron chi connectivity index (χ3n) is 4.13. The van der Waals surface area contributed by atoms with E-state index in [0.717, 1.165) is 37.2 Å². The molecule has 4 nitrogen and oxygen atoms in total. The van der Waals surface area contributed by atoms with E-state index in [4.69, 9.17) is 0 Å². The number of halogens is 1. The fourth-order valence-electron chi connectivity index (χ4n) is 2.85. The number of hydrogen-bond donors (Lipinski definition) is 0. The summed E-state index contributed by atoms with van der Waals surface area (Å²) in [7, 11) is 0. The van der Waals surface area contributed by atoms with E-state index in [-0.39, 0.29) is 11.7 Å². The minimum atomic E-state index is -0.278. The Hall–Kier alpha value is -2.30. The molecule has 114 valence electrons. The fraction of sp³-hybridized carbons (Fsp3) is 0.353. The number of piperidine rings is 1. The Balaban J connectivity index is 1.79. The largest absolute Gasteiger partial charge is 0.343 e. The highest BCUT2D eigenvalue weighted by atomic mass is 19.1. The van der Waals surface area contributed by atoms with E-state index >= 15 is 0 Å². The summed E-state index contributed by atoms with van der Waals surface area (Å²) in [6, 6.07) is 6.38. The number of aromatic nitrogens is 2. The van der Waals surface area contributed by atoms with Crippen LogP contribution in [0.1, 0.15) is 31.4 Å². The Kier molecular flexibility index (Phi) is 4.13. The van der Waals surface area contributed by atoms with Gasteiger partial charge in [0.15, 0.2) is 0 Å². The molecule has 0 spiro atoms. The number of hydrogen-bond acceptors (Lipinski definition) is 3. The van der Waals surface area contributed by atoms with Crippen LogP contribution in [-0.4, -0.2) is 33.9 Å². The molecule has 1 amide bonds. The van der Waals surface area contributed by atoms with Crippen molar-refractivity contribution >= 4 is 5.91 Å². The predicted octanol–water partition coefficient (Wildman–Crippen LogP) is 3.01. The van der Waals surface area contributed by atoms with Crippen LogP contribution in [0.3, 0.4) is 0 Å². The molecule has 0 N–H and O–H groups in total. The molecule has 0 radical (unpaired) electrons. The number of likely N-dealkylation sites (tertiary alicyclic amines) is 1. The van der Waals surface area contributed by atoms with Gasteiger partial charge in [0, 0.05) is 37.7 Å². The molecule has 0 bridgehead atoms. The molecule has 0 aliphatic carbocycles. The first kappa shape index (κ1) is 14.6. The zero-order chi connectivity index (χ0) is 15.5. The summed E-state index contributed by atoms with van der Waals surface area (Å²) in [5, 5.41) is 0. The van der Waals surface area contributed by atoms with Gasteiger partial charge < -0.3 is 4.90 Å². The van der Waals surface area contributed by atoms with Gasteiger partial charge in [0.2, 0.25) is 5.91 Å². The molecule has 1 aromatic heterocycles. The van der Waals surface area contributed by atoms with E-state index in [2.05, 4.69) is 9.97 Å². The quantitative estimate of drug-likeness (QED) is 0.856. The van der Waals surface area contributed by atoms with Crippen molar-refractivity contribution in [3.8, 4) is 11.3 Å². The van der Waals surface area contributed by atoms with Gasteiger partial charge in [-0.2, -0.15) is 0 Å². The molecule has 5 heteroatoms. The highest BCUT2D eigenvalue weighted by Crippen LogP contribution is 2.28. The van der Waals surface area contributed by atoms with Crippen molar-refractivity contribution in [2.45, 2.75) is 25.7 Å². The monoisotopic (exact) mass is 299 g/mol. The van der Waals surface area contributed by atoms with Gasteiger partial charge in [0.25, 0.3) is 0 Å². The Morgan fingerprint density at radius 2 is 2.05 bits per heavy atom. The fourth-order valence-corrected chi connectivity index (χ4v) is 2.85. The summed E-state index contributed by atoms with van der Waals surface area (Å²) in [6.07, 6.45) is 5.21. The molecule has 0 atom stereocenters. The minimum absolute atomic E-state index is 0.123. The van der Waals surface area contributed by atoms with Gasteiger partial charge in [0.05, 0.1) is 17.6 Å². The summed E-state index contributed by atoms with van der Waals surface area (Å²) < 4.78 is 13.3. The van der Waals surface area contributed by atoms with Crippen molar-refractivity contribution in [1.29, 1.82) is 0 Å². The second kappa shape index (κ2) is 6.22. The summed E-state index contributed by atoms with van der Waals surface area (Å²) in [5.41, 5.74) is 2.34. The highest BCUT2D eigenvalue weighted by molar-refractivity contribution is 5.73. The normalized spacial score (nSPS) is 15.8. The standard InChI is InChI=1S/C17H18FN3O/c1-12(22)21-7-5-13(6-8-21)16-10-19-11-17(20-16)14-3-2-4-15(18)9-14/h2-4,9-11,13H,5-8H2,1H3. The molecule has 2 heterocycles. The van der Waals surface area contributed by atoms with Gasteiger partial charge in [-0.25, -0.2) is 9.37 Å². The van der Waals surface area contributed by atoms with Crippen LogP contribution in [0.15, 0.2) is 36.7 Å². The van der Waals surface area contributed by atoms with Gasteiger partial charge in [-0.3, -0.25) is 9.78 Å². The lowest BCUT2D eigenvalue weighted by Gasteiger charge is -2.30. The van der Waals surface area contributed by atoms with Gasteiger partial charge in [0.1, 0.15) is 5.82 Å². The number of amides is 1. The molecule has 3 rings (SSSR count). The van der Waals surface area contributed by atoms with E-state index in [0.29, 0.717) is 11.6 Å². The second-order valence-corrected chi connectivity index (χ2v) is 5.62. The lowest BCUT2D eigenvalue weighted by atomic mass is 9.93. The molecule has 2 aromatic rings. The third-order valence-corrected chi connectivity index (χ3v) is 4.13. The Morgan fingerprint density at radius 3 is 2.73 bits per heavy atom. The number of nitrogens with zero attached hydrogens (tertiary/aromatic N) is 3. The van der Waals surface area contributed by atoms with Gasteiger partial charge in [-0.05, 0) is 25.0 Å². The molecule has 1 aliphatic rings. The average molecular weight is 299 g/mol.